The first kappa shape index (κ1) is 18.3. The molecule has 0 aromatic heterocycles. The number of benzene rings is 1. The van der Waals surface area contributed by atoms with Crippen LogP contribution in [0.4, 0.5) is 5.69 Å². The number of imide groups is 1. The van der Waals surface area contributed by atoms with Crippen molar-refractivity contribution in [2.45, 2.75) is 32.8 Å². The predicted octanol–water partition coefficient (Wildman–Crippen LogP) is 2.91. The van der Waals surface area contributed by atoms with Crippen LogP contribution < -0.4 is 4.74 Å². The van der Waals surface area contributed by atoms with Gasteiger partial charge in [-0.25, -0.2) is 0 Å². The highest BCUT2D eigenvalue weighted by atomic mass is 16.6. The van der Waals surface area contributed by atoms with Crippen LogP contribution in [0.5, 0.6) is 5.75 Å². The van der Waals surface area contributed by atoms with Gasteiger partial charge in [-0.3, -0.25) is 19.7 Å². The molecule has 2 fully saturated rings. The van der Waals surface area contributed by atoms with Gasteiger partial charge in [0.1, 0.15) is 0 Å². The van der Waals surface area contributed by atoms with Gasteiger partial charge >= 0.3 is 5.69 Å². The van der Waals surface area contributed by atoms with E-state index in [0.29, 0.717) is 5.56 Å². The summed E-state index contributed by atoms with van der Waals surface area (Å²) in [5.74, 6) is -0.791. The number of rotatable bonds is 6. The molecule has 1 aromatic rings. The van der Waals surface area contributed by atoms with Gasteiger partial charge in [0.2, 0.25) is 0 Å². The molecule has 5 atom stereocenters. The third-order valence-electron chi connectivity index (χ3n) is 5.85. The lowest BCUT2D eigenvalue weighted by Crippen LogP contribution is -2.28. The molecule has 1 saturated carbocycles. The molecule has 5 unspecified atom stereocenters. The zero-order valence-electron chi connectivity index (χ0n) is 15.6. The van der Waals surface area contributed by atoms with Crippen molar-refractivity contribution in [1.82, 2.24) is 5.01 Å². The zero-order chi connectivity index (χ0) is 20.0. The van der Waals surface area contributed by atoms with Crippen LogP contribution in [-0.4, -0.2) is 34.1 Å². The lowest BCUT2D eigenvalue weighted by Gasteiger charge is -2.13. The van der Waals surface area contributed by atoms with Crippen molar-refractivity contribution in [2.75, 3.05) is 0 Å². The number of carbonyl (C=O) groups excluding carboxylic acids is 2. The van der Waals surface area contributed by atoms with Gasteiger partial charge in [0.15, 0.2) is 5.75 Å². The lowest BCUT2D eigenvalue weighted by molar-refractivity contribution is -0.386. The molecule has 0 radical (unpaired) electrons. The van der Waals surface area contributed by atoms with Crippen LogP contribution in [0.3, 0.4) is 0 Å². The zero-order valence-corrected chi connectivity index (χ0v) is 15.6. The van der Waals surface area contributed by atoms with Crippen LogP contribution >= 0.6 is 0 Å². The summed E-state index contributed by atoms with van der Waals surface area (Å²) in [4.78, 5) is 36.1. The number of nitro groups is 1. The normalized spacial score (nSPS) is 29.0. The van der Waals surface area contributed by atoms with E-state index in [1.165, 1.54) is 18.3 Å². The summed E-state index contributed by atoms with van der Waals surface area (Å²) in [6.07, 6.45) is 6.77. The van der Waals surface area contributed by atoms with Crippen molar-refractivity contribution < 1.29 is 19.2 Å². The Morgan fingerprint density at radius 3 is 2.50 bits per heavy atom. The third kappa shape index (κ3) is 2.89. The molecule has 1 heterocycles. The highest BCUT2D eigenvalue weighted by molar-refractivity contribution is 6.06. The summed E-state index contributed by atoms with van der Waals surface area (Å²) in [7, 11) is 0. The SMILES string of the molecule is CCC(C)Oc1ccc(C=NN2C(=O)C3C4C=CC(C4)C3C2=O)cc1[N+](=O)[O-]. The molecule has 0 spiro atoms. The van der Waals surface area contributed by atoms with Crippen LogP contribution in [0, 0.1) is 33.8 Å². The molecule has 2 amide bonds. The van der Waals surface area contributed by atoms with E-state index in [0.717, 1.165) is 17.9 Å². The molecule has 0 N–H and O–H groups in total. The van der Waals surface area contributed by atoms with Gasteiger partial charge in [0.25, 0.3) is 11.8 Å². The van der Waals surface area contributed by atoms with Gasteiger partial charge in [-0.2, -0.15) is 10.1 Å². The quantitative estimate of drug-likeness (QED) is 0.247. The molecule has 2 bridgehead atoms. The van der Waals surface area contributed by atoms with Gasteiger partial charge in [0, 0.05) is 11.6 Å². The number of hydrogen-bond donors (Lipinski definition) is 0. The predicted molar refractivity (Wildman–Crippen MR) is 101 cm³/mol. The number of nitro benzene ring substituents is 1. The molecular weight excluding hydrogens is 362 g/mol. The van der Waals surface area contributed by atoms with E-state index in [2.05, 4.69) is 5.10 Å². The number of fused-ring (bicyclic) bond motifs is 5. The Labute approximate surface area is 162 Å². The minimum absolute atomic E-state index is 0.115. The molecule has 1 aliphatic heterocycles. The number of allylic oxidation sites excluding steroid dienone is 2. The number of hydrogen-bond acceptors (Lipinski definition) is 6. The Balaban J connectivity index is 1.55. The van der Waals surface area contributed by atoms with Crippen LogP contribution in [-0.2, 0) is 9.59 Å². The van der Waals surface area contributed by atoms with Crippen molar-refractivity contribution >= 4 is 23.7 Å². The summed E-state index contributed by atoms with van der Waals surface area (Å²) < 4.78 is 5.59. The minimum Gasteiger partial charge on any atom is -0.484 e. The van der Waals surface area contributed by atoms with Crippen molar-refractivity contribution in [3.63, 3.8) is 0 Å². The van der Waals surface area contributed by atoms with E-state index >= 15 is 0 Å². The molecule has 4 rings (SSSR count). The molecule has 2 aliphatic carbocycles. The first-order chi connectivity index (χ1) is 13.4. The first-order valence-electron chi connectivity index (χ1n) is 9.46. The monoisotopic (exact) mass is 383 g/mol. The summed E-state index contributed by atoms with van der Waals surface area (Å²) in [6.45, 7) is 3.77. The second-order valence-corrected chi connectivity index (χ2v) is 7.55. The van der Waals surface area contributed by atoms with Gasteiger partial charge < -0.3 is 4.74 Å². The second-order valence-electron chi connectivity index (χ2n) is 7.55. The summed E-state index contributed by atoms with van der Waals surface area (Å²) in [6, 6.07) is 4.46. The molecule has 1 aromatic carbocycles. The maximum atomic E-state index is 12.6. The van der Waals surface area contributed by atoms with Crippen molar-refractivity contribution in [1.29, 1.82) is 0 Å². The number of ether oxygens (including phenoxy) is 1. The Morgan fingerprint density at radius 2 is 1.93 bits per heavy atom. The fourth-order valence-electron chi connectivity index (χ4n) is 4.28. The average Bonchev–Trinajstić information content (AvgIpc) is 3.35. The van der Waals surface area contributed by atoms with Gasteiger partial charge in [-0.05, 0) is 43.7 Å². The number of hydrazone groups is 1. The molecule has 146 valence electrons. The van der Waals surface area contributed by atoms with Crippen molar-refractivity contribution in [2.24, 2.45) is 28.8 Å². The Hall–Kier alpha value is -3.03. The molecule has 1 saturated heterocycles. The van der Waals surface area contributed by atoms with Crippen LogP contribution in [0.25, 0.3) is 0 Å². The van der Waals surface area contributed by atoms with Crippen LogP contribution in [0.1, 0.15) is 32.3 Å². The summed E-state index contributed by atoms with van der Waals surface area (Å²) in [5.41, 5.74) is 0.240. The maximum absolute atomic E-state index is 12.6. The van der Waals surface area contributed by atoms with E-state index < -0.39 is 4.92 Å². The van der Waals surface area contributed by atoms with E-state index in [4.69, 9.17) is 4.74 Å². The smallest absolute Gasteiger partial charge is 0.311 e. The van der Waals surface area contributed by atoms with Crippen LogP contribution in [0.2, 0.25) is 0 Å². The molecular formula is C20H21N3O5. The number of amides is 2. The highest BCUT2D eigenvalue weighted by Crippen LogP contribution is 2.52. The lowest BCUT2D eigenvalue weighted by atomic mass is 9.85. The summed E-state index contributed by atoms with van der Waals surface area (Å²) in [5, 5.41) is 16.4. The van der Waals surface area contributed by atoms with E-state index in [9.17, 15) is 19.7 Å². The first-order valence-corrected chi connectivity index (χ1v) is 9.46. The third-order valence-corrected chi connectivity index (χ3v) is 5.85. The maximum Gasteiger partial charge on any atom is 0.311 e. The fraction of sp³-hybridized carbons (Fsp3) is 0.450. The Kier molecular flexibility index (Phi) is 4.49. The van der Waals surface area contributed by atoms with Gasteiger partial charge in [0.05, 0.1) is 29.1 Å². The highest BCUT2D eigenvalue weighted by Gasteiger charge is 2.59. The fourth-order valence-corrected chi connectivity index (χ4v) is 4.28. The standard InChI is InChI=1S/C20H21N3O5/c1-3-11(2)28-16-7-4-12(8-15(16)23(26)27)10-21-22-19(24)17-13-5-6-14(9-13)18(17)20(22)25/h4-8,10-11,13-14,17-18H,3,9H2,1-2H3. The molecule has 8 heteroatoms. The van der Waals surface area contributed by atoms with Crippen molar-refractivity contribution in [3.05, 3.63) is 46.0 Å². The van der Waals surface area contributed by atoms with E-state index in [1.807, 2.05) is 26.0 Å². The largest absolute Gasteiger partial charge is 0.484 e. The molecule has 8 nitrogen and oxygen atoms in total. The van der Waals surface area contributed by atoms with E-state index in [1.54, 1.807) is 6.07 Å². The number of carbonyl (C=O) groups is 2. The average molecular weight is 383 g/mol. The minimum atomic E-state index is -0.519. The van der Waals surface area contributed by atoms with Gasteiger partial charge in [-0.1, -0.05) is 19.1 Å². The van der Waals surface area contributed by atoms with Crippen molar-refractivity contribution in [3.8, 4) is 5.75 Å². The Bertz CT molecular complexity index is 879. The second kappa shape index (κ2) is 6.85. The molecule has 3 aliphatic rings. The van der Waals surface area contributed by atoms with E-state index in [-0.39, 0.29) is 53.0 Å². The topological polar surface area (TPSA) is 102 Å². The molecule has 28 heavy (non-hydrogen) atoms. The number of nitrogens with zero attached hydrogens (tertiary/aromatic N) is 3. The van der Waals surface area contributed by atoms with Crippen LogP contribution in [0.15, 0.2) is 35.5 Å². The summed E-state index contributed by atoms with van der Waals surface area (Å²) >= 11 is 0. The van der Waals surface area contributed by atoms with Gasteiger partial charge in [-0.15, -0.1) is 0 Å². The Morgan fingerprint density at radius 1 is 1.29 bits per heavy atom.